The van der Waals surface area contributed by atoms with Crippen molar-refractivity contribution >= 4 is 11.6 Å². The molecule has 2 aromatic rings. The van der Waals surface area contributed by atoms with Crippen molar-refractivity contribution in [2.45, 2.75) is 25.3 Å². The second kappa shape index (κ2) is 5.33. The first-order valence-corrected chi connectivity index (χ1v) is 6.84. The highest BCUT2D eigenvalue weighted by molar-refractivity contribution is 5.92. The summed E-state index contributed by atoms with van der Waals surface area (Å²) in [4.78, 5) is 16.3. The zero-order valence-corrected chi connectivity index (χ0v) is 11.2. The summed E-state index contributed by atoms with van der Waals surface area (Å²) in [5, 5.41) is 3.07. The van der Waals surface area contributed by atoms with Crippen LogP contribution in [-0.2, 0) is 6.42 Å². The second-order valence-electron chi connectivity index (χ2n) is 5.09. The molecule has 0 saturated heterocycles. The molecule has 0 aliphatic heterocycles. The van der Waals surface area contributed by atoms with Crippen LogP contribution in [-0.4, -0.2) is 10.9 Å². The van der Waals surface area contributed by atoms with Gasteiger partial charge in [0.15, 0.2) is 0 Å². The maximum Gasteiger partial charge on any atom is 0.270 e. The van der Waals surface area contributed by atoms with E-state index >= 15 is 0 Å². The van der Waals surface area contributed by atoms with Crippen molar-refractivity contribution in [2.75, 3.05) is 5.73 Å². The van der Waals surface area contributed by atoms with Crippen molar-refractivity contribution in [3.8, 4) is 0 Å². The number of carbonyl (C=O) groups excluding carboxylic acids is 1. The Morgan fingerprint density at radius 1 is 1.30 bits per heavy atom. The van der Waals surface area contributed by atoms with Crippen molar-refractivity contribution in [3.05, 3.63) is 59.4 Å². The Hall–Kier alpha value is -2.36. The number of nitrogen functional groups attached to an aromatic ring is 1. The molecule has 3 rings (SSSR count). The van der Waals surface area contributed by atoms with Gasteiger partial charge in [-0.15, -0.1) is 0 Å². The highest BCUT2D eigenvalue weighted by Gasteiger charge is 2.22. The first kappa shape index (κ1) is 12.7. The van der Waals surface area contributed by atoms with Gasteiger partial charge in [-0.25, -0.2) is 0 Å². The van der Waals surface area contributed by atoms with Crippen LogP contribution in [0.2, 0.25) is 0 Å². The van der Waals surface area contributed by atoms with Crippen LogP contribution in [0.1, 0.15) is 40.5 Å². The number of fused-ring (bicyclic) bond motifs is 1. The van der Waals surface area contributed by atoms with Crippen LogP contribution in [0, 0.1) is 0 Å². The Morgan fingerprint density at radius 2 is 2.20 bits per heavy atom. The van der Waals surface area contributed by atoms with Crippen LogP contribution < -0.4 is 11.1 Å². The van der Waals surface area contributed by atoms with Gasteiger partial charge in [0, 0.05) is 11.9 Å². The fourth-order valence-electron chi connectivity index (χ4n) is 2.71. The van der Waals surface area contributed by atoms with Crippen molar-refractivity contribution < 1.29 is 4.79 Å². The van der Waals surface area contributed by atoms with Crippen molar-refractivity contribution in [1.29, 1.82) is 0 Å². The van der Waals surface area contributed by atoms with Gasteiger partial charge in [-0.2, -0.15) is 0 Å². The molecule has 102 valence electrons. The molecule has 1 unspecified atom stereocenters. The molecule has 0 bridgehead atoms. The normalized spacial score (nSPS) is 17.3. The maximum absolute atomic E-state index is 12.2. The van der Waals surface area contributed by atoms with Crippen molar-refractivity contribution in [2.24, 2.45) is 0 Å². The third-order valence-electron chi connectivity index (χ3n) is 3.68. The average molecular weight is 267 g/mol. The number of aryl methyl sites for hydroxylation is 1. The van der Waals surface area contributed by atoms with Crippen LogP contribution in [0.4, 0.5) is 5.69 Å². The van der Waals surface area contributed by atoms with Gasteiger partial charge in [-0.3, -0.25) is 9.78 Å². The summed E-state index contributed by atoms with van der Waals surface area (Å²) >= 11 is 0. The van der Waals surface area contributed by atoms with Gasteiger partial charge in [0.05, 0.1) is 6.04 Å². The van der Waals surface area contributed by atoms with Gasteiger partial charge in [0.1, 0.15) is 5.69 Å². The molecule has 0 spiro atoms. The van der Waals surface area contributed by atoms with Crippen LogP contribution >= 0.6 is 0 Å². The molecule has 1 aromatic carbocycles. The predicted molar refractivity (Wildman–Crippen MR) is 78.2 cm³/mol. The van der Waals surface area contributed by atoms with Gasteiger partial charge >= 0.3 is 0 Å². The molecule has 0 radical (unpaired) electrons. The Labute approximate surface area is 118 Å². The monoisotopic (exact) mass is 267 g/mol. The van der Waals surface area contributed by atoms with Crippen LogP contribution in [0.5, 0.6) is 0 Å². The number of nitrogens with zero attached hydrogens (tertiary/aromatic N) is 1. The highest BCUT2D eigenvalue weighted by atomic mass is 16.1. The van der Waals surface area contributed by atoms with E-state index in [0.29, 0.717) is 5.69 Å². The minimum Gasteiger partial charge on any atom is -0.399 e. The lowest BCUT2D eigenvalue weighted by atomic mass is 9.87. The summed E-state index contributed by atoms with van der Waals surface area (Å²) in [6, 6.07) is 11.3. The number of hydrogen-bond acceptors (Lipinski definition) is 3. The van der Waals surface area contributed by atoms with E-state index < -0.39 is 0 Å². The van der Waals surface area contributed by atoms with E-state index in [4.69, 9.17) is 5.73 Å². The van der Waals surface area contributed by atoms with Gasteiger partial charge in [0.2, 0.25) is 0 Å². The van der Waals surface area contributed by atoms with Crippen LogP contribution in [0.3, 0.4) is 0 Å². The van der Waals surface area contributed by atoms with E-state index in [2.05, 4.69) is 10.3 Å². The van der Waals surface area contributed by atoms with E-state index in [1.807, 2.05) is 24.3 Å². The standard InChI is InChI=1S/C16H17N3O/c17-12-7-8-13-11(10-12)4-3-6-14(13)19-16(20)15-5-1-2-9-18-15/h1-2,5,7-10,14H,3-4,6,17H2,(H,19,20). The molecule has 1 amide bonds. The molecule has 4 heteroatoms. The van der Waals surface area contributed by atoms with E-state index in [9.17, 15) is 4.79 Å². The Bertz CT molecular complexity index is 625. The van der Waals surface area contributed by atoms with E-state index in [-0.39, 0.29) is 11.9 Å². The average Bonchev–Trinajstić information content (AvgIpc) is 2.48. The molecular weight excluding hydrogens is 250 g/mol. The number of anilines is 1. The van der Waals surface area contributed by atoms with E-state index in [1.54, 1.807) is 18.3 Å². The molecule has 20 heavy (non-hydrogen) atoms. The quantitative estimate of drug-likeness (QED) is 0.821. The van der Waals surface area contributed by atoms with Gasteiger partial charge in [-0.1, -0.05) is 12.1 Å². The summed E-state index contributed by atoms with van der Waals surface area (Å²) in [6.07, 6.45) is 4.67. The molecule has 1 aromatic heterocycles. The van der Waals surface area contributed by atoms with Gasteiger partial charge in [0.25, 0.3) is 5.91 Å². The topological polar surface area (TPSA) is 68.0 Å². The minimum absolute atomic E-state index is 0.0499. The molecule has 1 heterocycles. The molecule has 1 atom stereocenters. The number of hydrogen-bond donors (Lipinski definition) is 2. The zero-order valence-electron chi connectivity index (χ0n) is 11.2. The summed E-state index contributed by atoms with van der Waals surface area (Å²) in [6.45, 7) is 0. The SMILES string of the molecule is Nc1ccc2c(c1)CCCC2NC(=O)c1ccccn1. The third-order valence-corrected chi connectivity index (χ3v) is 3.68. The zero-order chi connectivity index (χ0) is 13.9. The molecule has 0 saturated carbocycles. The van der Waals surface area contributed by atoms with Crippen molar-refractivity contribution in [1.82, 2.24) is 10.3 Å². The van der Waals surface area contributed by atoms with Gasteiger partial charge < -0.3 is 11.1 Å². The number of benzene rings is 1. The first-order valence-electron chi connectivity index (χ1n) is 6.84. The lowest BCUT2D eigenvalue weighted by Crippen LogP contribution is -2.31. The fraction of sp³-hybridized carbons (Fsp3) is 0.250. The Balaban J connectivity index is 1.81. The number of amides is 1. The molecular formula is C16H17N3O. The third kappa shape index (κ3) is 2.50. The Kier molecular flexibility index (Phi) is 3.37. The fourth-order valence-corrected chi connectivity index (χ4v) is 2.71. The first-order chi connectivity index (χ1) is 9.74. The molecule has 1 aliphatic rings. The molecule has 4 nitrogen and oxygen atoms in total. The number of nitrogens with one attached hydrogen (secondary N) is 1. The smallest absolute Gasteiger partial charge is 0.270 e. The lowest BCUT2D eigenvalue weighted by molar-refractivity contribution is 0.0927. The maximum atomic E-state index is 12.2. The largest absolute Gasteiger partial charge is 0.399 e. The number of carbonyl (C=O) groups is 1. The number of rotatable bonds is 2. The van der Waals surface area contributed by atoms with Crippen LogP contribution in [0.25, 0.3) is 0 Å². The summed E-state index contributed by atoms with van der Waals surface area (Å²) < 4.78 is 0. The molecule has 3 N–H and O–H groups in total. The highest BCUT2D eigenvalue weighted by Crippen LogP contribution is 2.31. The van der Waals surface area contributed by atoms with Crippen LogP contribution in [0.15, 0.2) is 42.6 Å². The minimum atomic E-state index is -0.125. The van der Waals surface area contributed by atoms with E-state index in [1.165, 1.54) is 11.1 Å². The second-order valence-corrected chi connectivity index (χ2v) is 5.09. The summed E-state index contributed by atoms with van der Waals surface area (Å²) in [5.41, 5.74) is 9.47. The summed E-state index contributed by atoms with van der Waals surface area (Å²) in [5.74, 6) is -0.125. The van der Waals surface area contributed by atoms with E-state index in [0.717, 1.165) is 24.9 Å². The Morgan fingerprint density at radius 3 is 3.00 bits per heavy atom. The molecule has 1 aliphatic carbocycles. The number of pyridine rings is 1. The molecule has 0 fully saturated rings. The summed E-state index contributed by atoms with van der Waals surface area (Å²) in [7, 11) is 0. The van der Waals surface area contributed by atoms with Gasteiger partial charge in [-0.05, 0) is 54.7 Å². The lowest BCUT2D eigenvalue weighted by Gasteiger charge is -2.26. The predicted octanol–water partition coefficient (Wildman–Crippen LogP) is 2.47. The number of aromatic nitrogens is 1. The van der Waals surface area contributed by atoms with Crippen molar-refractivity contribution in [3.63, 3.8) is 0 Å². The number of nitrogens with two attached hydrogens (primary N) is 1.